The lowest BCUT2D eigenvalue weighted by Gasteiger charge is -2.32. The number of alkyl halides is 3. The molecule has 0 saturated heterocycles. The summed E-state index contributed by atoms with van der Waals surface area (Å²) in [5, 5.41) is 9.14. The first-order chi connectivity index (χ1) is 9.00. The topological polar surface area (TPSA) is 23.5 Å². The smallest absolute Gasteiger partial charge is 0.396 e. The average Bonchev–Trinajstić information content (AvgIpc) is 2.38. The third-order valence-electron chi connectivity index (χ3n) is 3.28. The van der Waals surface area contributed by atoms with E-state index in [9.17, 15) is 13.2 Å². The maximum absolute atomic E-state index is 12.7. The number of halogens is 3. The summed E-state index contributed by atoms with van der Waals surface area (Å²) in [5.41, 5.74) is 0.461. The van der Waals surface area contributed by atoms with Gasteiger partial charge in [-0.15, -0.1) is 0 Å². The number of hydrogen-bond donors (Lipinski definition) is 1. The van der Waals surface area contributed by atoms with Crippen LogP contribution in [0.1, 0.15) is 5.56 Å². The van der Waals surface area contributed by atoms with Crippen molar-refractivity contribution < 1.29 is 18.3 Å². The van der Waals surface area contributed by atoms with Gasteiger partial charge in [-0.2, -0.15) is 13.2 Å². The Labute approximate surface area is 110 Å². The predicted octanol–water partition coefficient (Wildman–Crippen LogP) is 2.60. The van der Waals surface area contributed by atoms with Crippen molar-refractivity contribution in [3.63, 3.8) is 0 Å². The maximum Gasteiger partial charge on any atom is 0.412 e. The van der Waals surface area contributed by atoms with E-state index in [1.807, 2.05) is 35.2 Å². The zero-order valence-electron chi connectivity index (χ0n) is 10.4. The first kappa shape index (κ1) is 14.1. The van der Waals surface area contributed by atoms with Crippen LogP contribution in [0.25, 0.3) is 0 Å². The molecule has 1 aliphatic rings. The molecule has 0 saturated carbocycles. The molecule has 0 fully saturated rings. The fourth-order valence-electron chi connectivity index (χ4n) is 2.35. The lowest BCUT2D eigenvalue weighted by molar-refractivity contribution is -0.104. The van der Waals surface area contributed by atoms with Gasteiger partial charge in [0.2, 0.25) is 0 Å². The zero-order chi connectivity index (χ0) is 13.9. The molecule has 1 aromatic carbocycles. The van der Waals surface area contributed by atoms with Crippen LogP contribution in [0.15, 0.2) is 42.0 Å². The molecule has 1 atom stereocenters. The van der Waals surface area contributed by atoms with E-state index in [-0.39, 0.29) is 13.1 Å². The quantitative estimate of drug-likeness (QED) is 0.854. The molecule has 5 heteroatoms. The standard InChI is InChI=1S/C14H16F3NO/c15-14(16,17)13-6-7-18(9-12(13)10-19)8-11-4-2-1-3-5-11/h1-6,12,19H,7-10H2. The maximum atomic E-state index is 12.7. The summed E-state index contributed by atoms with van der Waals surface area (Å²) in [6.45, 7) is 0.618. The van der Waals surface area contributed by atoms with Gasteiger partial charge in [-0.1, -0.05) is 36.4 Å². The molecule has 0 amide bonds. The number of aliphatic hydroxyl groups is 1. The number of hydrogen-bond acceptors (Lipinski definition) is 2. The fraction of sp³-hybridized carbons (Fsp3) is 0.429. The van der Waals surface area contributed by atoms with Crippen molar-refractivity contribution in [2.75, 3.05) is 19.7 Å². The SMILES string of the molecule is OCC1CN(Cc2ccccc2)CC=C1C(F)(F)F. The molecule has 2 rings (SSSR count). The first-order valence-corrected chi connectivity index (χ1v) is 6.15. The highest BCUT2D eigenvalue weighted by atomic mass is 19.4. The molecular formula is C14H16F3NO. The summed E-state index contributed by atoms with van der Waals surface area (Å²) >= 11 is 0. The Morgan fingerprint density at radius 3 is 2.47 bits per heavy atom. The number of benzene rings is 1. The monoisotopic (exact) mass is 271 g/mol. The molecule has 1 heterocycles. The molecule has 0 radical (unpaired) electrons. The highest BCUT2D eigenvalue weighted by Gasteiger charge is 2.40. The van der Waals surface area contributed by atoms with Crippen LogP contribution in [0.5, 0.6) is 0 Å². The minimum absolute atomic E-state index is 0.233. The van der Waals surface area contributed by atoms with Gasteiger partial charge >= 0.3 is 6.18 Å². The van der Waals surface area contributed by atoms with Crippen molar-refractivity contribution in [1.82, 2.24) is 4.90 Å². The zero-order valence-corrected chi connectivity index (χ0v) is 10.4. The summed E-state index contributed by atoms with van der Waals surface area (Å²) in [6, 6.07) is 9.59. The molecular weight excluding hydrogens is 255 g/mol. The van der Waals surface area contributed by atoms with Crippen LogP contribution in [0.4, 0.5) is 13.2 Å². The fourth-order valence-corrected chi connectivity index (χ4v) is 2.35. The molecule has 19 heavy (non-hydrogen) atoms. The first-order valence-electron chi connectivity index (χ1n) is 6.15. The second-order valence-corrected chi connectivity index (χ2v) is 4.72. The highest BCUT2D eigenvalue weighted by molar-refractivity contribution is 5.19. The third kappa shape index (κ3) is 3.58. The van der Waals surface area contributed by atoms with Crippen LogP contribution in [-0.4, -0.2) is 35.9 Å². The van der Waals surface area contributed by atoms with Crippen molar-refractivity contribution in [2.45, 2.75) is 12.7 Å². The Kier molecular flexibility index (Phi) is 4.27. The summed E-state index contributed by atoms with van der Waals surface area (Å²) in [6.07, 6.45) is -3.15. The molecule has 1 N–H and O–H groups in total. The van der Waals surface area contributed by atoms with E-state index in [2.05, 4.69) is 0 Å². The van der Waals surface area contributed by atoms with E-state index in [4.69, 9.17) is 5.11 Å². The van der Waals surface area contributed by atoms with Gasteiger partial charge in [0, 0.05) is 31.1 Å². The highest BCUT2D eigenvalue weighted by Crippen LogP contribution is 2.34. The normalized spacial score (nSPS) is 21.3. The van der Waals surface area contributed by atoms with Crippen LogP contribution in [-0.2, 0) is 6.54 Å². The Balaban J connectivity index is 2.06. The molecule has 104 valence electrons. The lowest BCUT2D eigenvalue weighted by Crippen LogP contribution is -2.39. The van der Waals surface area contributed by atoms with E-state index in [1.165, 1.54) is 6.08 Å². The van der Waals surface area contributed by atoms with Crippen molar-refractivity contribution in [3.8, 4) is 0 Å². The van der Waals surface area contributed by atoms with Gasteiger partial charge in [0.15, 0.2) is 0 Å². The summed E-state index contributed by atoms with van der Waals surface area (Å²) < 4.78 is 38.2. The van der Waals surface area contributed by atoms with Crippen LogP contribution in [0.3, 0.4) is 0 Å². The van der Waals surface area contributed by atoms with E-state index in [0.717, 1.165) is 5.56 Å². The van der Waals surface area contributed by atoms with Crippen LogP contribution in [0.2, 0.25) is 0 Å². The molecule has 0 aromatic heterocycles. The second kappa shape index (κ2) is 5.75. The van der Waals surface area contributed by atoms with E-state index < -0.39 is 24.3 Å². The third-order valence-corrected chi connectivity index (χ3v) is 3.28. The minimum atomic E-state index is -4.34. The van der Waals surface area contributed by atoms with Crippen molar-refractivity contribution >= 4 is 0 Å². The Hall–Kier alpha value is -1.33. The second-order valence-electron chi connectivity index (χ2n) is 4.72. The van der Waals surface area contributed by atoms with Gasteiger partial charge in [-0.3, -0.25) is 4.90 Å². The van der Waals surface area contributed by atoms with Crippen molar-refractivity contribution in [3.05, 3.63) is 47.5 Å². The lowest BCUT2D eigenvalue weighted by atomic mass is 9.94. The summed E-state index contributed by atoms with van der Waals surface area (Å²) in [7, 11) is 0. The van der Waals surface area contributed by atoms with Gasteiger partial charge in [-0.25, -0.2) is 0 Å². The largest absolute Gasteiger partial charge is 0.412 e. The van der Waals surface area contributed by atoms with E-state index in [0.29, 0.717) is 6.54 Å². The summed E-state index contributed by atoms with van der Waals surface area (Å²) in [4.78, 5) is 1.91. The van der Waals surface area contributed by atoms with Gasteiger partial charge < -0.3 is 5.11 Å². The van der Waals surface area contributed by atoms with E-state index in [1.54, 1.807) is 0 Å². The average molecular weight is 271 g/mol. The van der Waals surface area contributed by atoms with Crippen molar-refractivity contribution in [1.29, 1.82) is 0 Å². The van der Waals surface area contributed by atoms with Crippen LogP contribution >= 0.6 is 0 Å². The van der Waals surface area contributed by atoms with Gasteiger partial charge in [0.1, 0.15) is 0 Å². The Morgan fingerprint density at radius 1 is 1.21 bits per heavy atom. The molecule has 0 aliphatic carbocycles. The Morgan fingerprint density at radius 2 is 1.89 bits per heavy atom. The number of nitrogens with zero attached hydrogens (tertiary/aromatic N) is 1. The van der Waals surface area contributed by atoms with Gasteiger partial charge in [0.05, 0.1) is 6.61 Å². The van der Waals surface area contributed by atoms with E-state index >= 15 is 0 Å². The predicted molar refractivity (Wildman–Crippen MR) is 66.4 cm³/mol. The molecule has 2 nitrogen and oxygen atoms in total. The van der Waals surface area contributed by atoms with Crippen molar-refractivity contribution in [2.24, 2.45) is 5.92 Å². The summed E-state index contributed by atoms with van der Waals surface area (Å²) in [5.74, 6) is -0.850. The molecule has 1 aromatic rings. The molecule has 1 unspecified atom stereocenters. The number of aliphatic hydroxyl groups excluding tert-OH is 1. The van der Waals surface area contributed by atoms with Crippen LogP contribution in [0, 0.1) is 5.92 Å². The Bertz CT molecular complexity index is 442. The van der Waals surface area contributed by atoms with Crippen LogP contribution < -0.4 is 0 Å². The number of rotatable bonds is 3. The minimum Gasteiger partial charge on any atom is -0.396 e. The van der Waals surface area contributed by atoms with Gasteiger partial charge in [-0.05, 0) is 5.56 Å². The molecule has 1 aliphatic heterocycles. The van der Waals surface area contributed by atoms with Gasteiger partial charge in [0.25, 0.3) is 0 Å². The molecule has 0 spiro atoms. The molecule has 0 bridgehead atoms.